The van der Waals surface area contributed by atoms with Gasteiger partial charge in [-0.15, -0.1) is 11.6 Å². The topological polar surface area (TPSA) is 29.1 Å². The molecular weight excluding hydrogens is 246 g/mol. The van der Waals surface area contributed by atoms with Gasteiger partial charge in [0.15, 0.2) is 0 Å². The van der Waals surface area contributed by atoms with Crippen molar-refractivity contribution in [1.29, 1.82) is 0 Å². The first-order valence-electron chi connectivity index (χ1n) is 6.65. The van der Waals surface area contributed by atoms with E-state index in [0.29, 0.717) is 12.3 Å². The largest absolute Gasteiger partial charge is 0.352 e. The maximum Gasteiger partial charge on any atom is 0.220 e. The number of halogens is 1. The minimum Gasteiger partial charge on any atom is -0.352 e. The molecule has 3 heteroatoms. The first kappa shape index (κ1) is 15.0. The lowest BCUT2D eigenvalue weighted by molar-refractivity contribution is -0.121. The Bertz CT molecular complexity index is 340. The number of benzene rings is 1. The molecule has 0 aliphatic heterocycles. The molecule has 2 nitrogen and oxygen atoms in total. The van der Waals surface area contributed by atoms with Gasteiger partial charge in [-0.1, -0.05) is 50.1 Å². The van der Waals surface area contributed by atoms with Gasteiger partial charge in [-0.2, -0.15) is 0 Å². The van der Waals surface area contributed by atoms with Crippen molar-refractivity contribution in [3.05, 3.63) is 35.9 Å². The molecule has 1 rings (SSSR count). The Kier molecular flexibility index (Phi) is 7.51. The highest BCUT2D eigenvalue weighted by Crippen LogP contribution is 2.05. The SMILES string of the molecule is CCCCCC(=O)NC(CCl)Cc1ccccc1. The Hall–Kier alpha value is -1.02. The van der Waals surface area contributed by atoms with E-state index in [0.717, 1.165) is 25.7 Å². The molecule has 0 spiro atoms. The van der Waals surface area contributed by atoms with E-state index in [1.165, 1.54) is 5.56 Å². The molecule has 1 atom stereocenters. The third-order valence-corrected chi connectivity index (χ3v) is 3.26. The standard InChI is InChI=1S/C15H22ClNO/c1-2-3-5-10-15(18)17-14(12-16)11-13-8-6-4-7-9-13/h4,6-9,14H,2-3,5,10-12H2,1H3,(H,17,18). The van der Waals surface area contributed by atoms with Crippen molar-refractivity contribution in [2.45, 2.75) is 45.1 Å². The number of rotatable bonds is 8. The number of hydrogen-bond acceptors (Lipinski definition) is 1. The van der Waals surface area contributed by atoms with E-state index in [1.54, 1.807) is 0 Å². The average molecular weight is 268 g/mol. The smallest absolute Gasteiger partial charge is 0.220 e. The molecule has 0 aliphatic rings. The molecule has 1 unspecified atom stereocenters. The van der Waals surface area contributed by atoms with E-state index >= 15 is 0 Å². The molecule has 1 N–H and O–H groups in total. The van der Waals surface area contributed by atoms with Crippen LogP contribution in [0.1, 0.15) is 38.2 Å². The summed E-state index contributed by atoms with van der Waals surface area (Å²) in [5.41, 5.74) is 1.21. The Morgan fingerprint density at radius 3 is 2.61 bits per heavy atom. The summed E-state index contributed by atoms with van der Waals surface area (Å²) >= 11 is 5.91. The molecule has 0 saturated carbocycles. The van der Waals surface area contributed by atoms with E-state index in [4.69, 9.17) is 11.6 Å². The summed E-state index contributed by atoms with van der Waals surface area (Å²) in [5, 5.41) is 3.00. The van der Waals surface area contributed by atoms with Crippen molar-refractivity contribution in [2.75, 3.05) is 5.88 Å². The Balaban J connectivity index is 2.35. The lowest BCUT2D eigenvalue weighted by Crippen LogP contribution is -2.37. The Labute approximate surface area is 115 Å². The molecule has 0 fully saturated rings. The third-order valence-electron chi connectivity index (χ3n) is 2.88. The zero-order valence-corrected chi connectivity index (χ0v) is 11.7. The first-order valence-corrected chi connectivity index (χ1v) is 7.19. The average Bonchev–Trinajstić information content (AvgIpc) is 2.39. The first-order chi connectivity index (χ1) is 8.76. The molecule has 0 bridgehead atoms. The molecule has 1 amide bonds. The number of unbranched alkanes of at least 4 members (excludes halogenated alkanes) is 2. The number of carbonyl (C=O) groups excluding carboxylic acids is 1. The number of nitrogens with one attached hydrogen (secondary N) is 1. The van der Waals surface area contributed by atoms with E-state index < -0.39 is 0 Å². The normalized spacial score (nSPS) is 12.1. The number of amides is 1. The van der Waals surface area contributed by atoms with Gasteiger partial charge in [0.1, 0.15) is 0 Å². The van der Waals surface area contributed by atoms with Crippen molar-refractivity contribution >= 4 is 17.5 Å². The molecule has 0 heterocycles. The maximum atomic E-state index is 11.7. The summed E-state index contributed by atoms with van der Waals surface area (Å²) in [6, 6.07) is 10.1. The second kappa shape index (κ2) is 8.98. The molecule has 0 saturated heterocycles. The van der Waals surface area contributed by atoms with Crippen molar-refractivity contribution in [2.24, 2.45) is 0 Å². The van der Waals surface area contributed by atoms with Gasteiger partial charge in [-0.25, -0.2) is 0 Å². The number of alkyl halides is 1. The van der Waals surface area contributed by atoms with Crippen LogP contribution in [0.2, 0.25) is 0 Å². The molecule has 0 radical (unpaired) electrons. The van der Waals surface area contributed by atoms with E-state index in [-0.39, 0.29) is 11.9 Å². The van der Waals surface area contributed by atoms with E-state index in [9.17, 15) is 4.79 Å². The fraction of sp³-hybridized carbons (Fsp3) is 0.533. The van der Waals surface area contributed by atoms with Gasteiger partial charge in [0.05, 0.1) is 0 Å². The highest BCUT2D eigenvalue weighted by atomic mass is 35.5. The van der Waals surface area contributed by atoms with Crippen LogP contribution in [-0.2, 0) is 11.2 Å². The van der Waals surface area contributed by atoms with Crippen molar-refractivity contribution in [3.8, 4) is 0 Å². The van der Waals surface area contributed by atoms with Crippen LogP contribution >= 0.6 is 11.6 Å². The predicted molar refractivity (Wildman–Crippen MR) is 76.9 cm³/mol. The highest BCUT2D eigenvalue weighted by Gasteiger charge is 2.11. The highest BCUT2D eigenvalue weighted by molar-refractivity contribution is 6.18. The summed E-state index contributed by atoms with van der Waals surface area (Å²) in [4.78, 5) is 11.7. The summed E-state index contributed by atoms with van der Waals surface area (Å²) in [6.45, 7) is 2.13. The second-order valence-corrected chi connectivity index (χ2v) is 4.87. The van der Waals surface area contributed by atoms with Gasteiger partial charge in [-0.3, -0.25) is 4.79 Å². The van der Waals surface area contributed by atoms with Gasteiger partial charge in [-0.05, 0) is 18.4 Å². The van der Waals surface area contributed by atoms with Gasteiger partial charge in [0.2, 0.25) is 5.91 Å². The third kappa shape index (κ3) is 6.06. The summed E-state index contributed by atoms with van der Waals surface area (Å²) in [5.74, 6) is 0.569. The number of hydrogen-bond donors (Lipinski definition) is 1. The minimum atomic E-state index is 0.0307. The fourth-order valence-corrected chi connectivity index (χ4v) is 2.06. The van der Waals surface area contributed by atoms with Crippen molar-refractivity contribution in [1.82, 2.24) is 5.32 Å². The van der Waals surface area contributed by atoms with Crippen LogP contribution in [0.4, 0.5) is 0 Å². The van der Waals surface area contributed by atoms with Crippen LogP contribution in [0.15, 0.2) is 30.3 Å². The predicted octanol–water partition coefficient (Wildman–Crippen LogP) is 3.53. The van der Waals surface area contributed by atoms with Gasteiger partial charge >= 0.3 is 0 Å². The zero-order chi connectivity index (χ0) is 13.2. The molecule has 100 valence electrons. The summed E-state index contributed by atoms with van der Waals surface area (Å²) in [6.07, 6.45) is 4.61. The van der Waals surface area contributed by atoms with Crippen LogP contribution < -0.4 is 5.32 Å². The minimum absolute atomic E-state index is 0.0307. The number of carbonyl (C=O) groups is 1. The molecule has 0 aliphatic carbocycles. The lowest BCUT2D eigenvalue weighted by atomic mass is 10.1. The van der Waals surface area contributed by atoms with Crippen LogP contribution in [0.5, 0.6) is 0 Å². The van der Waals surface area contributed by atoms with E-state index in [2.05, 4.69) is 24.4 Å². The Morgan fingerprint density at radius 1 is 1.28 bits per heavy atom. The monoisotopic (exact) mass is 267 g/mol. The molecule has 18 heavy (non-hydrogen) atoms. The van der Waals surface area contributed by atoms with E-state index in [1.807, 2.05) is 18.2 Å². The lowest BCUT2D eigenvalue weighted by Gasteiger charge is -2.16. The van der Waals surface area contributed by atoms with Crippen LogP contribution in [0.3, 0.4) is 0 Å². The molecular formula is C15H22ClNO. The fourth-order valence-electron chi connectivity index (χ4n) is 1.88. The summed E-state index contributed by atoms with van der Waals surface area (Å²) < 4.78 is 0. The van der Waals surface area contributed by atoms with Crippen molar-refractivity contribution in [3.63, 3.8) is 0 Å². The van der Waals surface area contributed by atoms with Crippen LogP contribution in [0.25, 0.3) is 0 Å². The zero-order valence-electron chi connectivity index (χ0n) is 11.0. The second-order valence-electron chi connectivity index (χ2n) is 4.57. The summed E-state index contributed by atoms with van der Waals surface area (Å²) in [7, 11) is 0. The molecule has 1 aromatic rings. The molecule has 1 aromatic carbocycles. The van der Waals surface area contributed by atoms with Crippen LogP contribution in [-0.4, -0.2) is 17.8 Å². The Morgan fingerprint density at radius 2 is 2.00 bits per heavy atom. The maximum absolute atomic E-state index is 11.7. The van der Waals surface area contributed by atoms with Gasteiger partial charge in [0, 0.05) is 18.3 Å². The molecule has 0 aromatic heterocycles. The van der Waals surface area contributed by atoms with Gasteiger partial charge in [0.25, 0.3) is 0 Å². The van der Waals surface area contributed by atoms with Crippen molar-refractivity contribution < 1.29 is 4.79 Å². The van der Waals surface area contributed by atoms with Gasteiger partial charge < -0.3 is 5.32 Å². The quantitative estimate of drug-likeness (QED) is 0.567. The van der Waals surface area contributed by atoms with Crippen LogP contribution in [0, 0.1) is 0 Å².